The van der Waals surface area contributed by atoms with E-state index in [9.17, 15) is 9.90 Å². The lowest BCUT2D eigenvalue weighted by Gasteiger charge is -2.07. The molecule has 0 radical (unpaired) electrons. The summed E-state index contributed by atoms with van der Waals surface area (Å²) in [6.45, 7) is 2.16. The average molecular weight is 188 g/mol. The maximum Gasteiger partial charge on any atom is 0.334 e. The lowest BCUT2D eigenvalue weighted by Crippen LogP contribution is -2.21. The fourth-order valence-corrected chi connectivity index (χ4v) is 1.20. The Morgan fingerprint density at radius 2 is 1.92 bits per heavy atom. The second-order valence-corrected chi connectivity index (χ2v) is 3.24. The number of ether oxygens (including phenoxy) is 1. The third-order valence-corrected chi connectivity index (χ3v) is 2.05. The van der Waals surface area contributed by atoms with Crippen molar-refractivity contribution >= 4 is 5.97 Å². The number of carbonyl (C=O) groups is 1. The first-order valence-corrected chi connectivity index (χ1v) is 4.98. The molecule has 0 aliphatic heterocycles. The average Bonchev–Trinajstić information content (AvgIpc) is 2.16. The Morgan fingerprint density at radius 3 is 2.46 bits per heavy atom. The highest BCUT2D eigenvalue weighted by atomic mass is 16.5. The molecular formula is C10H20O3. The molecule has 0 aromatic carbocycles. The summed E-state index contributed by atoms with van der Waals surface area (Å²) < 4.78 is 4.40. The summed E-state index contributed by atoms with van der Waals surface area (Å²) in [5.74, 6) is -0.518. The summed E-state index contributed by atoms with van der Waals surface area (Å²) in [6, 6.07) is 0. The van der Waals surface area contributed by atoms with E-state index in [1.54, 1.807) is 0 Å². The van der Waals surface area contributed by atoms with Gasteiger partial charge in [0.05, 0.1) is 7.11 Å². The molecule has 0 aromatic rings. The minimum atomic E-state index is -0.924. The summed E-state index contributed by atoms with van der Waals surface area (Å²) in [7, 11) is 1.29. The summed E-state index contributed by atoms with van der Waals surface area (Å²) >= 11 is 0. The Balaban J connectivity index is 3.26. The molecule has 0 amide bonds. The Bertz CT molecular complexity index is 134. The molecule has 13 heavy (non-hydrogen) atoms. The predicted octanol–water partition coefficient (Wildman–Crippen LogP) is 1.88. The van der Waals surface area contributed by atoms with E-state index in [0.29, 0.717) is 6.42 Å². The molecule has 0 rings (SSSR count). The van der Waals surface area contributed by atoms with Crippen molar-refractivity contribution < 1.29 is 14.6 Å². The van der Waals surface area contributed by atoms with Gasteiger partial charge in [0.1, 0.15) is 0 Å². The second kappa shape index (κ2) is 8.05. The van der Waals surface area contributed by atoms with E-state index in [-0.39, 0.29) is 0 Å². The van der Waals surface area contributed by atoms with Crippen LogP contribution >= 0.6 is 0 Å². The maximum atomic E-state index is 10.8. The zero-order valence-electron chi connectivity index (χ0n) is 8.58. The third-order valence-electron chi connectivity index (χ3n) is 2.05. The van der Waals surface area contributed by atoms with Crippen LogP contribution in [0.4, 0.5) is 0 Å². The fourth-order valence-electron chi connectivity index (χ4n) is 1.20. The van der Waals surface area contributed by atoms with Crippen LogP contribution in [0.1, 0.15) is 45.4 Å². The Hall–Kier alpha value is -0.570. The van der Waals surface area contributed by atoms with Gasteiger partial charge in [-0.15, -0.1) is 0 Å². The van der Waals surface area contributed by atoms with Gasteiger partial charge < -0.3 is 9.84 Å². The van der Waals surface area contributed by atoms with Gasteiger partial charge >= 0.3 is 5.97 Å². The standard InChI is InChI=1S/C10H20O3/c1-3-4-5-6-7-8-9(11)10(12)13-2/h9,11H,3-8H2,1-2H3/t9-/m1/s1. The molecule has 3 heteroatoms. The lowest BCUT2D eigenvalue weighted by molar-refractivity contribution is -0.150. The smallest absolute Gasteiger partial charge is 0.334 e. The summed E-state index contributed by atoms with van der Waals surface area (Å²) in [5, 5.41) is 9.20. The molecule has 0 aromatic heterocycles. The monoisotopic (exact) mass is 188 g/mol. The van der Waals surface area contributed by atoms with Crippen molar-refractivity contribution in [2.75, 3.05) is 7.11 Å². The number of methoxy groups -OCH3 is 1. The van der Waals surface area contributed by atoms with E-state index in [1.807, 2.05) is 0 Å². The molecule has 1 atom stereocenters. The number of aliphatic hydroxyl groups excluding tert-OH is 1. The topological polar surface area (TPSA) is 46.5 Å². The molecule has 0 unspecified atom stereocenters. The normalized spacial score (nSPS) is 12.5. The Morgan fingerprint density at radius 1 is 1.31 bits per heavy atom. The molecule has 0 heterocycles. The Kier molecular flexibility index (Phi) is 7.69. The SMILES string of the molecule is CCCCCCC[C@@H](O)C(=O)OC. The number of aliphatic hydroxyl groups is 1. The largest absolute Gasteiger partial charge is 0.467 e. The van der Waals surface area contributed by atoms with Crippen molar-refractivity contribution in [2.45, 2.75) is 51.6 Å². The van der Waals surface area contributed by atoms with Crippen LogP contribution in [0.2, 0.25) is 0 Å². The molecule has 0 bridgehead atoms. The number of esters is 1. The maximum absolute atomic E-state index is 10.8. The van der Waals surface area contributed by atoms with Crippen LogP contribution in [-0.2, 0) is 9.53 Å². The summed E-state index contributed by atoms with van der Waals surface area (Å²) in [6.07, 6.45) is 5.21. The number of rotatable bonds is 7. The molecule has 1 N–H and O–H groups in total. The molecule has 0 aliphatic carbocycles. The third kappa shape index (κ3) is 6.58. The van der Waals surface area contributed by atoms with Crippen molar-refractivity contribution in [2.24, 2.45) is 0 Å². The van der Waals surface area contributed by atoms with Crippen LogP contribution < -0.4 is 0 Å². The van der Waals surface area contributed by atoms with Gasteiger partial charge in [-0.25, -0.2) is 4.79 Å². The summed E-state index contributed by atoms with van der Waals surface area (Å²) in [4.78, 5) is 10.8. The minimum Gasteiger partial charge on any atom is -0.467 e. The van der Waals surface area contributed by atoms with Crippen molar-refractivity contribution in [1.82, 2.24) is 0 Å². The molecule has 3 nitrogen and oxygen atoms in total. The highest BCUT2D eigenvalue weighted by molar-refractivity contribution is 5.74. The zero-order chi connectivity index (χ0) is 10.1. The van der Waals surface area contributed by atoms with Gasteiger partial charge in [-0.05, 0) is 6.42 Å². The van der Waals surface area contributed by atoms with Crippen molar-refractivity contribution in [3.8, 4) is 0 Å². The van der Waals surface area contributed by atoms with Crippen LogP contribution in [0.25, 0.3) is 0 Å². The van der Waals surface area contributed by atoms with Gasteiger partial charge in [-0.1, -0.05) is 39.0 Å². The van der Waals surface area contributed by atoms with Gasteiger partial charge in [0, 0.05) is 0 Å². The zero-order valence-corrected chi connectivity index (χ0v) is 8.58. The number of hydrogen-bond donors (Lipinski definition) is 1. The van der Waals surface area contributed by atoms with E-state index in [0.717, 1.165) is 12.8 Å². The molecule has 78 valence electrons. The van der Waals surface area contributed by atoms with Gasteiger partial charge in [0.25, 0.3) is 0 Å². The Labute approximate surface area is 80.1 Å². The molecule has 0 saturated carbocycles. The van der Waals surface area contributed by atoms with Gasteiger partial charge in [-0.2, -0.15) is 0 Å². The van der Waals surface area contributed by atoms with Crippen LogP contribution in [0.3, 0.4) is 0 Å². The van der Waals surface area contributed by atoms with Crippen molar-refractivity contribution in [3.05, 3.63) is 0 Å². The van der Waals surface area contributed by atoms with Crippen molar-refractivity contribution in [3.63, 3.8) is 0 Å². The van der Waals surface area contributed by atoms with Crippen LogP contribution in [0.15, 0.2) is 0 Å². The first kappa shape index (κ1) is 12.4. The first-order chi connectivity index (χ1) is 6.22. The molecule has 0 aliphatic rings. The van der Waals surface area contributed by atoms with Gasteiger partial charge in [0.15, 0.2) is 6.10 Å². The second-order valence-electron chi connectivity index (χ2n) is 3.24. The quantitative estimate of drug-likeness (QED) is 0.490. The highest BCUT2D eigenvalue weighted by Crippen LogP contribution is 2.07. The number of carbonyl (C=O) groups excluding carboxylic acids is 1. The lowest BCUT2D eigenvalue weighted by atomic mass is 10.1. The molecule has 0 spiro atoms. The van der Waals surface area contributed by atoms with E-state index >= 15 is 0 Å². The van der Waals surface area contributed by atoms with E-state index in [1.165, 1.54) is 26.4 Å². The number of unbranched alkanes of at least 4 members (excludes halogenated alkanes) is 4. The van der Waals surface area contributed by atoms with Crippen molar-refractivity contribution in [1.29, 1.82) is 0 Å². The van der Waals surface area contributed by atoms with E-state index in [2.05, 4.69) is 11.7 Å². The van der Waals surface area contributed by atoms with Gasteiger partial charge in [0.2, 0.25) is 0 Å². The fraction of sp³-hybridized carbons (Fsp3) is 0.900. The van der Waals surface area contributed by atoms with Gasteiger partial charge in [-0.3, -0.25) is 0 Å². The number of hydrogen-bond acceptors (Lipinski definition) is 3. The highest BCUT2D eigenvalue weighted by Gasteiger charge is 2.13. The molecular weight excluding hydrogens is 168 g/mol. The summed E-state index contributed by atoms with van der Waals surface area (Å²) in [5.41, 5.74) is 0. The molecule has 0 saturated heterocycles. The van der Waals surface area contributed by atoms with Crippen LogP contribution in [-0.4, -0.2) is 24.3 Å². The first-order valence-electron chi connectivity index (χ1n) is 4.98. The van der Waals surface area contributed by atoms with Crippen LogP contribution in [0, 0.1) is 0 Å². The predicted molar refractivity (Wildman–Crippen MR) is 51.4 cm³/mol. The van der Waals surface area contributed by atoms with E-state index in [4.69, 9.17) is 0 Å². The van der Waals surface area contributed by atoms with Crippen LogP contribution in [0.5, 0.6) is 0 Å². The molecule has 0 fully saturated rings. The minimum absolute atomic E-state index is 0.518. The van der Waals surface area contributed by atoms with E-state index < -0.39 is 12.1 Å².